The molecule has 2 N–H and O–H groups in total. The Labute approximate surface area is 142 Å². The second-order valence-electron chi connectivity index (χ2n) is 5.02. The molecule has 7 heteroatoms. The standard InChI is InChI=1S/C17H13ClO6/c1-22-16-6-11(2-3-13(16)19)24-15-7-14-9(5-12(15)18)4-10(8-23-14)17(20)21/h2-7,19H,8H2,1H3,(H,20,21). The number of hydrogen-bond acceptors (Lipinski definition) is 5. The Morgan fingerprint density at radius 2 is 2.04 bits per heavy atom. The molecule has 0 bridgehead atoms. The number of carbonyl (C=O) groups is 1. The predicted octanol–water partition coefficient (Wildman–Crippen LogP) is 3.71. The van der Waals surface area contributed by atoms with Crippen molar-refractivity contribution in [3.8, 4) is 28.7 Å². The number of carboxylic acid groups (broad SMARTS) is 1. The summed E-state index contributed by atoms with van der Waals surface area (Å²) >= 11 is 6.21. The van der Waals surface area contributed by atoms with Gasteiger partial charge in [0.15, 0.2) is 11.5 Å². The van der Waals surface area contributed by atoms with Crippen molar-refractivity contribution in [3.05, 3.63) is 46.5 Å². The van der Waals surface area contributed by atoms with Gasteiger partial charge in [0.1, 0.15) is 23.9 Å². The van der Waals surface area contributed by atoms with Crippen LogP contribution in [0.4, 0.5) is 0 Å². The van der Waals surface area contributed by atoms with Gasteiger partial charge in [-0.1, -0.05) is 11.6 Å². The highest BCUT2D eigenvalue weighted by Gasteiger charge is 2.19. The van der Waals surface area contributed by atoms with Gasteiger partial charge in [-0.25, -0.2) is 4.79 Å². The van der Waals surface area contributed by atoms with Crippen LogP contribution >= 0.6 is 11.6 Å². The highest BCUT2D eigenvalue weighted by Crippen LogP contribution is 2.39. The number of rotatable bonds is 4. The Morgan fingerprint density at radius 3 is 2.75 bits per heavy atom. The Morgan fingerprint density at radius 1 is 1.25 bits per heavy atom. The Kier molecular flexibility index (Phi) is 4.22. The Balaban J connectivity index is 1.92. The quantitative estimate of drug-likeness (QED) is 0.876. The van der Waals surface area contributed by atoms with Crippen molar-refractivity contribution in [2.45, 2.75) is 0 Å². The lowest BCUT2D eigenvalue weighted by Gasteiger charge is -2.18. The molecule has 124 valence electrons. The molecular weight excluding hydrogens is 336 g/mol. The zero-order valence-corrected chi connectivity index (χ0v) is 13.3. The SMILES string of the molecule is COc1cc(Oc2cc3c(cc2Cl)C=C(C(=O)O)CO3)ccc1O. The first-order valence-electron chi connectivity index (χ1n) is 6.93. The zero-order chi connectivity index (χ0) is 17.3. The highest BCUT2D eigenvalue weighted by atomic mass is 35.5. The minimum atomic E-state index is -1.03. The number of fused-ring (bicyclic) bond motifs is 1. The van der Waals surface area contributed by atoms with Gasteiger partial charge in [-0.3, -0.25) is 0 Å². The van der Waals surface area contributed by atoms with Gasteiger partial charge in [-0.2, -0.15) is 0 Å². The van der Waals surface area contributed by atoms with Crippen LogP contribution in [0.3, 0.4) is 0 Å². The molecule has 0 aliphatic carbocycles. The molecule has 0 fully saturated rings. The predicted molar refractivity (Wildman–Crippen MR) is 87.3 cm³/mol. The lowest BCUT2D eigenvalue weighted by atomic mass is 10.1. The van der Waals surface area contributed by atoms with Crippen LogP contribution < -0.4 is 14.2 Å². The number of ether oxygens (including phenoxy) is 3. The van der Waals surface area contributed by atoms with Gasteiger partial charge in [-0.05, 0) is 24.3 Å². The number of methoxy groups -OCH3 is 1. The van der Waals surface area contributed by atoms with Crippen LogP contribution in [0.2, 0.25) is 5.02 Å². The molecule has 0 atom stereocenters. The number of benzene rings is 2. The van der Waals surface area contributed by atoms with Crippen LogP contribution in [-0.4, -0.2) is 29.9 Å². The van der Waals surface area contributed by atoms with Gasteiger partial charge in [0.05, 0.1) is 17.7 Å². The summed E-state index contributed by atoms with van der Waals surface area (Å²) in [5, 5.41) is 18.9. The number of aromatic hydroxyl groups is 1. The third-order valence-corrected chi connectivity index (χ3v) is 3.73. The molecule has 3 rings (SSSR count). The number of carboxylic acids is 1. The van der Waals surface area contributed by atoms with Gasteiger partial charge in [0.25, 0.3) is 0 Å². The first kappa shape index (κ1) is 16.0. The number of hydrogen-bond donors (Lipinski definition) is 2. The molecule has 2 aromatic carbocycles. The van der Waals surface area contributed by atoms with Crippen LogP contribution in [0.1, 0.15) is 5.56 Å². The summed E-state index contributed by atoms with van der Waals surface area (Å²) in [4.78, 5) is 11.0. The van der Waals surface area contributed by atoms with Crippen molar-refractivity contribution in [2.24, 2.45) is 0 Å². The molecule has 0 aromatic heterocycles. The Bertz CT molecular complexity index is 843. The van der Waals surface area contributed by atoms with Gasteiger partial charge in [0, 0.05) is 17.7 Å². The summed E-state index contributed by atoms with van der Waals surface area (Å²) in [6, 6.07) is 7.70. The molecule has 0 amide bonds. The van der Waals surface area contributed by atoms with E-state index in [1.165, 1.54) is 25.3 Å². The molecule has 24 heavy (non-hydrogen) atoms. The molecule has 0 saturated heterocycles. The number of phenolic OH excluding ortho intramolecular Hbond substituents is 1. The molecular formula is C17H13ClO6. The third kappa shape index (κ3) is 3.09. The van der Waals surface area contributed by atoms with E-state index in [1.54, 1.807) is 18.2 Å². The summed E-state index contributed by atoms with van der Waals surface area (Å²) in [5.41, 5.74) is 0.717. The smallest absolute Gasteiger partial charge is 0.335 e. The largest absolute Gasteiger partial charge is 0.504 e. The van der Waals surface area contributed by atoms with Crippen LogP contribution in [0.5, 0.6) is 28.7 Å². The van der Waals surface area contributed by atoms with Gasteiger partial charge < -0.3 is 24.4 Å². The van der Waals surface area contributed by atoms with E-state index in [9.17, 15) is 9.90 Å². The average molecular weight is 349 g/mol. The lowest BCUT2D eigenvalue weighted by Crippen LogP contribution is -2.14. The summed E-state index contributed by atoms with van der Waals surface area (Å²) in [6.07, 6.45) is 1.51. The van der Waals surface area contributed by atoms with Crippen molar-refractivity contribution >= 4 is 23.6 Å². The fourth-order valence-electron chi connectivity index (χ4n) is 2.22. The van der Waals surface area contributed by atoms with Crippen LogP contribution in [0, 0.1) is 0 Å². The van der Waals surface area contributed by atoms with Crippen molar-refractivity contribution in [3.63, 3.8) is 0 Å². The summed E-state index contributed by atoms with van der Waals surface area (Å²) in [7, 11) is 1.44. The molecule has 2 aromatic rings. The van der Waals surface area contributed by atoms with Gasteiger partial charge in [0.2, 0.25) is 0 Å². The van der Waals surface area contributed by atoms with Crippen LogP contribution in [0.15, 0.2) is 35.9 Å². The molecule has 1 aliphatic rings. The fourth-order valence-corrected chi connectivity index (χ4v) is 2.43. The van der Waals surface area contributed by atoms with Crippen molar-refractivity contribution < 1.29 is 29.2 Å². The highest BCUT2D eigenvalue weighted by molar-refractivity contribution is 6.32. The third-order valence-electron chi connectivity index (χ3n) is 3.43. The van der Waals surface area contributed by atoms with Crippen molar-refractivity contribution in [1.29, 1.82) is 0 Å². The van der Waals surface area contributed by atoms with Crippen molar-refractivity contribution in [2.75, 3.05) is 13.7 Å². The van der Waals surface area contributed by atoms with E-state index in [4.69, 9.17) is 30.9 Å². The summed E-state index contributed by atoms with van der Waals surface area (Å²) < 4.78 is 16.2. The van der Waals surface area contributed by atoms with E-state index in [2.05, 4.69) is 0 Å². The molecule has 0 unspecified atom stereocenters. The van der Waals surface area contributed by atoms with E-state index in [0.29, 0.717) is 27.8 Å². The zero-order valence-electron chi connectivity index (χ0n) is 12.6. The van der Waals surface area contributed by atoms with Crippen molar-refractivity contribution in [1.82, 2.24) is 0 Å². The average Bonchev–Trinajstić information content (AvgIpc) is 2.56. The minimum Gasteiger partial charge on any atom is -0.504 e. The van der Waals surface area contributed by atoms with E-state index in [0.717, 1.165) is 0 Å². The second-order valence-corrected chi connectivity index (χ2v) is 5.43. The summed E-state index contributed by atoms with van der Waals surface area (Å²) in [6.45, 7) is -0.0313. The molecule has 1 aliphatic heterocycles. The van der Waals surface area contributed by atoms with E-state index in [1.807, 2.05) is 0 Å². The number of halogens is 1. The maximum atomic E-state index is 11.0. The van der Waals surface area contributed by atoms with E-state index < -0.39 is 5.97 Å². The molecule has 0 spiro atoms. The topological polar surface area (TPSA) is 85.2 Å². The van der Waals surface area contributed by atoms with Gasteiger partial charge >= 0.3 is 5.97 Å². The van der Waals surface area contributed by atoms with E-state index >= 15 is 0 Å². The first-order valence-corrected chi connectivity index (χ1v) is 7.31. The van der Waals surface area contributed by atoms with Crippen LogP contribution in [0.25, 0.3) is 6.08 Å². The summed E-state index contributed by atoms with van der Waals surface area (Å²) in [5.74, 6) is 0.473. The minimum absolute atomic E-state index is 0.00365. The maximum Gasteiger partial charge on any atom is 0.335 e. The molecule has 0 radical (unpaired) electrons. The molecule has 0 saturated carbocycles. The second kappa shape index (κ2) is 6.33. The lowest BCUT2D eigenvalue weighted by molar-refractivity contribution is -0.132. The molecule has 6 nitrogen and oxygen atoms in total. The molecule has 1 heterocycles. The maximum absolute atomic E-state index is 11.0. The number of aliphatic carboxylic acids is 1. The van der Waals surface area contributed by atoms with Gasteiger partial charge in [-0.15, -0.1) is 0 Å². The van der Waals surface area contributed by atoms with E-state index in [-0.39, 0.29) is 23.7 Å². The normalized spacial score (nSPS) is 12.7. The first-order chi connectivity index (χ1) is 11.5. The monoisotopic (exact) mass is 348 g/mol. The Hall–Kier alpha value is -2.86. The van der Waals surface area contributed by atoms with Crippen LogP contribution in [-0.2, 0) is 4.79 Å². The number of phenols is 1. The fraction of sp³-hybridized carbons (Fsp3) is 0.118.